The molecule has 0 unspecified atom stereocenters. The first-order chi connectivity index (χ1) is 9.65. The molecule has 6 heteroatoms. The van der Waals surface area contributed by atoms with E-state index in [2.05, 4.69) is 25.9 Å². The Kier molecular flexibility index (Phi) is 3.78. The maximum atomic E-state index is 6.26. The fourth-order valence-electron chi connectivity index (χ4n) is 1.81. The Balaban J connectivity index is 2.14. The fourth-order valence-corrected chi connectivity index (χ4v) is 2.82. The van der Waals surface area contributed by atoms with Gasteiger partial charge in [-0.3, -0.25) is 0 Å². The molecule has 0 radical (unpaired) electrons. The summed E-state index contributed by atoms with van der Waals surface area (Å²) in [5.41, 5.74) is 2.20. The minimum atomic E-state index is 0.305. The number of rotatable bonds is 2. The van der Waals surface area contributed by atoms with Gasteiger partial charge >= 0.3 is 0 Å². The molecule has 100 valence electrons. The van der Waals surface area contributed by atoms with Crippen molar-refractivity contribution in [1.82, 2.24) is 9.97 Å². The molecule has 0 saturated carbocycles. The van der Waals surface area contributed by atoms with Crippen molar-refractivity contribution in [3.8, 4) is 22.5 Å². The number of hydrogen-bond acceptors (Lipinski definition) is 3. The number of aromatic nitrogens is 2. The zero-order valence-corrected chi connectivity index (χ0v) is 13.1. The topological polar surface area (TPSA) is 38.9 Å². The Hall–Kier alpha value is -1.36. The number of nitrogens with zero attached hydrogens (tertiary/aromatic N) is 2. The van der Waals surface area contributed by atoms with Gasteiger partial charge in [-0.1, -0.05) is 51.3 Å². The minimum Gasteiger partial charge on any atom is -0.472 e. The van der Waals surface area contributed by atoms with E-state index in [4.69, 9.17) is 27.6 Å². The summed E-state index contributed by atoms with van der Waals surface area (Å²) >= 11 is 15.9. The van der Waals surface area contributed by atoms with Crippen molar-refractivity contribution in [3.63, 3.8) is 0 Å². The summed E-state index contributed by atoms with van der Waals surface area (Å²) in [5, 5.41) is 0.610. The van der Waals surface area contributed by atoms with Gasteiger partial charge < -0.3 is 4.42 Å². The maximum Gasteiger partial charge on any atom is 0.165 e. The third-order valence-corrected chi connectivity index (χ3v) is 3.75. The normalized spacial score (nSPS) is 10.8. The van der Waals surface area contributed by atoms with Gasteiger partial charge in [-0.25, -0.2) is 9.97 Å². The van der Waals surface area contributed by atoms with Crippen molar-refractivity contribution >= 4 is 39.1 Å². The van der Waals surface area contributed by atoms with E-state index in [1.807, 2.05) is 24.3 Å². The first kappa shape index (κ1) is 13.6. The molecular formula is C14H7BrCl2N2O. The zero-order chi connectivity index (χ0) is 14.1. The highest BCUT2D eigenvalue weighted by Crippen LogP contribution is 2.35. The van der Waals surface area contributed by atoms with Crippen molar-refractivity contribution in [2.24, 2.45) is 0 Å². The average molecular weight is 370 g/mol. The smallest absolute Gasteiger partial charge is 0.165 e. The Morgan fingerprint density at radius 3 is 2.35 bits per heavy atom. The first-order valence-corrected chi connectivity index (χ1v) is 7.21. The molecule has 3 aromatic rings. The quantitative estimate of drug-likeness (QED) is 0.562. The van der Waals surface area contributed by atoms with Crippen LogP contribution in [0, 0.1) is 0 Å². The van der Waals surface area contributed by atoms with Gasteiger partial charge in [0.2, 0.25) is 0 Å². The van der Waals surface area contributed by atoms with Crippen LogP contribution in [-0.4, -0.2) is 9.97 Å². The summed E-state index contributed by atoms with van der Waals surface area (Å²) in [6, 6.07) is 9.38. The van der Waals surface area contributed by atoms with Crippen molar-refractivity contribution in [2.45, 2.75) is 0 Å². The summed E-state index contributed by atoms with van der Waals surface area (Å²) in [7, 11) is 0. The molecule has 3 nitrogen and oxygen atoms in total. The van der Waals surface area contributed by atoms with Gasteiger partial charge in [0.05, 0.1) is 17.4 Å². The molecule has 0 fully saturated rings. The summed E-state index contributed by atoms with van der Waals surface area (Å²) in [4.78, 5) is 8.55. The number of halogens is 3. The highest BCUT2D eigenvalue weighted by Gasteiger charge is 2.15. The van der Waals surface area contributed by atoms with Gasteiger partial charge in [0, 0.05) is 4.47 Å². The lowest BCUT2D eigenvalue weighted by Crippen LogP contribution is -1.93. The maximum absolute atomic E-state index is 6.26. The third-order valence-electron chi connectivity index (χ3n) is 2.71. The lowest BCUT2D eigenvalue weighted by molar-refractivity contribution is 0.568. The van der Waals surface area contributed by atoms with E-state index in [9.17, 15) is 0 Å². The Morgan fingerprint density at radius 2 is 1.75 bits per heavy atom. The van der Waals surface area contributed by atoms with Crippen molar-refractivity contribution in [2.75, 3.05) is 0 Å². The fraction of sp³-hybridized carbons (Fsp3) is 0. The average Bonchev–Trinajstić information content (AvgIpc) is 2.91. The first-order valence-electron chi connectivity index (χ1n) is 5.66. The monoisotopic (exact) mass is 368 g/mol. The predicted octanol–water partition coefficient (Wildman–Crippen LogP) is 5.47. The van der Waals surface area contributed by atoms with Gasteiger partial charge in [0.25, 0.3) is 0 Å². The van der Waals surface area contributed by atoms with Gasteiger partial charge in [-0.2, -0.15) is 0 Å². The second-order valence-corrected chi connectivity index (χ2v) is 5.66. The highest BCUT2D eigenvalue weighted by atomic mass is 79.9. The summed E-state index contributed by atoms with van der Waals surface area (Å²) in [5.74, 6) is 0.437. The van der Waals surface area contributed by atoms with Crippen LogP contribution in [-0.2, 0) is 0 Å². The lowest BCUT2D eigenvalue weighted by atomic mass is 10.1. The van der Waals surface area contributed by atoms with Crippen LogP contribution in [0.2, 0.25) is 10.3 Å². The molecule has 0 aliphatic carbocycles. The third kappa shape index (κ3) is 2.59. The number of hydrogen-bond donors (Lipinski definition) is 0. The second-order valence-electron chi connectivity index (χ2n) is 4.03. The molecule has 0 spiro atoms. The SMILES string of the molecule is Clc1nc(-c2ccoc2)nc(Cl)c1-c1cccc(Br)c1. The molecule has 2 aromatic heterocycles. The Morgan fingerprint density at radius 1 is 1.00 bits per heavy atom. The predicted molar refractivity (Wildman–Crippen MR) is 82.9 cm³/mol. The van der Waals surface area contributed by atoms with Gasteiger partial charge in [-0.05, 0) is 23.8 Å². The standard InChI is InChI=1S/C14H7BrCl2N2O/c15-10-3-1-2-8(6-10)11-12(16)18-14(19-13(11)17)9-4-5-20-7-9/h1-7H. The van der Waals surface area contributed by atoms with Gasteiger partial charge in [0.15, 0.2) is 5.82 Å². The molecule has 0 bridgehead atoms. The molecule has 0 N–H and O–H groups in total. The summed E-state index contributed by atoms with van der Waals surface area (Å²) in [6.45, 7) is 0. The Bertz CT molecular complexity index is 737. The highest BCUT2D eigenvalue weighted by molar-refractivity contribution is 9.10. The van der Waals surface area contributed by atoms with Gasteiger partial charge in [0.1, 0.15) is 16.6 Å². The van der Waals surface area contributed by atoms with E-state index < -0.39 is 0 Å². The summed E-state index contributed by atoms with van der Waals surface area (Å²) < 4.78 is 5.94. The lowest BCUT2D eigenvalue weighted by Gasteiger charge is -2.08. The summed E-state index contributed by atoms with van der Waals surface area (Å²) in [6.07, 6.45) is 3.09. The molecule has 2 heterocycles. The molecule has 0 aliphatic rings. The van der Waals surface area contributed by atoms with E-state index in [-0.39, 0.29) is 0 Å². The van der Waals surface area contributed by atoms with Crippen LogP contribution in [0.5, 0.6) is 0 Å². The van der Waals surface area contributed by atoms with Crippen LogP contribution in [0.4, 0.5) is 0 Å². The van der Waals surface area contributed by atoms with E-state index in [1.165, 1.54) is 0 Å². The molecular weight excluding hydrogens is 363 g/mol. The van der Waals surface area contributed by atoms with Crippen LogP contribution in [0.3, 0.4) is 0 Å². The van der Waals surface area contributed by atoms with Crippen molar-refractivity contribution in [3.05, 3.63) is 57.6 Å². The molecule has 1 aromatic carbocycles. The van der Waals surface area contributed by atoms with E-state index in [1.54, 1.807) is 18.6 Å². The molecule has 0 amide bonds. The van der Waals surface area contributed by atoms with Crippen molar-refractivity contribution in [1.29, 1.82) is 0 Å². The largest absolute Gasteiger partial charge is 0.472 e. The van der Waals surface area contributed by atoms with Crippen LogP contribution in [0.1, 0.15) is 0 Å². The van der Waals surface area contributed by atoms with E-state index in [0.717, 1.165) is 15.6 Å². The molecule has 3 rings (SSSR count). The molecule has 0 saturated heterocycles. The Labute approximate surface area is 133 Å². The zero-order valence-electron chi connectivity index (χ0n) is 9.98. The minimum absolute atomic E-state index is 0.305. The van der Waals surface area contributed by atoms with E-state index in [0.29, 0.717) is 21.7 Å². The molecule has 0 aliphatic heterocycles. The number of benzene rings is 1. The van der Waals surface area contributed by atoms with Gasteiger partial charge in [-0.15, -0.1) is 0 Å². The van der Waals surface area contributed by atoms with Crippen LogP contribution >= 0.6 is 39.1 Å². The van der Waals surface area contributed by atoms with Crippen LogP contribution in [0.25, 0.3) is 22.5 Å². The van der Waals surface area contributed by atoms with Crippen LogP contribution < -0.4 is 0 Å². The van der Waals surface area contributed by atoms with Crippen molar-refractivity contribution < 1.29 is 4.42 Å². The molecule has 20 heavy (non-hydrogen) atoms. The molecule has 0 atom stereocenters. The van der Waals surface area contributed by atoms with Crippen LogP contribution in [0.15, 0.2) is 51.7 Å². The second kappa shape index (κ2) is 5.56. The van der Waals surface area contributed by atoms with E-state index >= 15 is 0 Å². The number of furan rings is 1.